The van der Waals surface area contributed by atoms with Crippen LogP contribution in [-0.4, -0.2) is 29.7 Å². The first-order valence-electron chi connectivity index (χ1n) is 6.24. The number of anilines is 1. The van der Waals surface area contributed by atoms with Crippen molar-refractivity contribution >= 4 is 17.3 Å². The van der Waals surface area contributed by atoms with Crippen LogP contribution >= 0.6 is 0 Å². The third kappa shape index (κ3) is 4.42. The van der Waals surface area contributed by atoms with Gasteiger partial charge >= 0.3 is 11.7 Å². The van der Waals surface area contributed by atoms with Gasteiger partial charge in [0.2, 0.25) is 0 Å². The van der Waals surface area contributed by atoms with Gasteiger partial charge in [-0.15, -0.1) is 0 Å². The van der Waals surface area contributed by atoms with E-state index in [1.807, 2.05) is 0 Å². The van der Waals surface area contributed by atoms with Crippen molar-refractivity contribution in [2.24, 2.45) is 5.92 Å². The van der Waals surface area contributed by atoms with Crippen LogP contribution < -0.4 is 10.1 Å². The summed E-state index contributed by atoms with van der Waals surface area (Å²) in [5.41, 5.74) is 0.618. The number of rotatable bonds is 8. The Labute approximate surface area is 116 Å². The minimum absolute atomic E-state index is 0.0856. The van der Waals surface area contributed by atoms with E-state index in [2.05, 4.69) is 5.32 Å². The summed E-state index contributed by atoms with van der Waals surface area (Å²) in [7, 11) is 1.38. The van der Waals surface area contributed by atoms with E-state index in [0.29, 0.717) is 25.1 Å². The summed E-state index contributed by atoms with van der Waals surface area (Å²) in [6.07, 6.45) is 1.28. The third-order valence-electron chi connectivity index (χ3n) is 2.94. The highest BCUT2D eigenvalue weighted by molar-refractivity contribution is 5.69. The van der Waals surface area contributed by atoms with Crippen molar-refractivity contribution in [3.05, 3.63) is 28.3 Å². The van der Waals surface area contributed by atoms with Crippen molar-refractivity contribution in [1.82, 2.24) is 0 Å². The highest BCUT2D eigenvalue weighted by Gasteiger charge is 2.14. The Kier molecular flexibility index (Phi) is 5.76. The van der Waals surface area contributed by atoms with Gasteiger partial charge in [0.25, 0.3) is 0 Å². The van der Waals surface area contributed by atoms with Crippen LogP contribution in [0.15, 0.2) is 18.2 Å². The van der Waals surface area contributed by atoms with Crippen molar-refractivity contribution in [2.45, 2.75) is 19.8 Å². The summed E-state index contributed by atoms with van der Waals surface area (Å²) in [4.78, 5) is 20.9. The molecule has 7 heteroatoms. The summed E-state index contributed by atoms with van der Waals surface area (Å²) >= 11 is 0. The molecule has 0 saturated carbocycles. The van der Waals surface area contributed by atoms with Gasteiger partial charge in [0.05, 0.1) is 18.0 Å². The minimum Gasteiger partial charge on any atom is -0.490 e. The van der Waals surface area contributed by atoms with Crippen molar-refractivity contribution in [2.75, 3.05) is 19.0 Å². The number of aliphatic carboxylic acids is 1. The molecule has 0 radical (unpaired) electrons. The van der Waals surface area contributed by atoms with Crippen LogP contribution in [0.25, 0.3) is 0 Å². The van der Waals surface area contributed by atoms with Gasteiger partial charge in [-0.1, -0.05) is 6.92 Å². The number of hydrogen-bond acceptors (Lipinski definition) is 5. The first kappa shape index (κ1) is 15.7. The van der Waals surface area contributed by atoms with Crippen molar-refractivity contribution in [3.63, 3.8) is 0 Å². The quantitative estimate of drug-likeness (QED) is 0.431. The first-order valence-corrected chi connectivity index (χ1v) is 6.24. The molecule has 1 rings (SSSR count). The lowest BCUT2D eigenvalue weighted by Crippen LogP contribution is -2.11. The van der Waals surface area contributed by atoms with E-state index < -0.39 is 10.9 Å². The lowest BCUT2D eigenvalue weighted by atomic mass is 10.1. The molecule has 2 N–H and O–H groups in total. The summed E-state index contributed by atoms with van der Waals surface area (Å²) < 4.78 is 4.96. The summed E-state index contributed by atoms with van der Waals surface area (Å²) in [6.45, 7) is 2.26. The molecule has 0 aliphatic heterocycles. The summed E-state index contributed by atoms with van der Waals surface area (Å²) in [6, 6.07) is 4.53. The van der Waals surface area contributed by atoms with Crippen LogP contribution in [-0.2, 0) is 4.79 Å². The van der Waals surface area contributed by atoms with E-state index in [0.717, 1.165) is 0 Å². The number of methoxy groups -OCH3 is 1. The van der Waals surface area contributed by atoms with Gasteiger partial charge in [0.15, 0.2) is 5.75 Å². The molecule has 0 amide bonds. The highest BCUT2D eigenvalue weighted by atomic mass is 16.6. The summed E-state index contributed by atoms with van der Waals surface area (Å²) in [5, 5.41) is 22.6. The van der Waals surface area contributed by atoms with Gasteiger partial charge in [0, 0.05) is 24.4 Å². The molecule has 0 fully saturated rings. The fraction of sp³-hybridized carbons (Fsp3) is 0.462. The zero-order valence-corrected chi connectivity index (χ0v) is 11.5. The predicted molar refractivity (Wildman–Crippen MR) is 74.2 cm³/mol. The van der Waals surface area contributed by atoms with Crippen LogP contribution in [0.3, 0.4) is 0 Å². The molecule has 0 aromatic heterocycles. The Morgan fingerprint density at radius 2 is 2.25 bits per heavy atom. The molecule has 110 valence electrons. The Hall–Kier alpha value is -2.31. The molecule has 1 atom stereocenters. The maximum atomic E-state index is 10.7. The van der Waals surface area contributed by atoms with Gasteiger partial charge in [-0.3, -0.25) is 14.9 Å². The molecule has 1 aromatic rings. The van der Waals surface area contributed by atoms with Crippen LogP contribution in [0.5, 0.6) is 5.75 Å². The van der Waals surface area contributed by atoms with Crippen LogP contribution in [0, 0.1) is 16.0 Å². The Balaban J connectivity index is 2.53. The zero-order valence-electron chi connectivity index (χ0n) is 11.5. The predicted octanol–water partition coefficient (Wildman–Crippen LogP) is 2.52. The lowest BCUT2D eigenvalue weighted by Gasteiger charge is -2.09. The van der Waals surface area contributed by atoms with Crippen molar-refractivity contribution < 1.29 is 19.6 Å². The monoisotopic (exact) mass is 282 g/mol. The average Bonchev–Trinajstić information content (AvgIpc) is 2.42. The fourth-order valence-electron chi connectivity index (χ4n) is 1.70. The molecule has 0 saturated heterocycles. The molecule has 0 heterocycles. The van der Waals surface area contributed by atoms with Crippen LogP contribution in [0.2, 0.25) is 0 Å². The number of carboxylic acid groups (broad SMARTS) is 1. The molecule has 0 spiro atoms. The van der Waals surface area contributed by atoms with Crippen LogP contribution in [0.1, 0.15) is 19.8 Å². The lowest BCUT2D eigenvalue weighted by molar-refractivity contribution is -0.385. The standard InChI is InChI=1S/C13H18N2O5/c1-9(13(16)17)4-3-7-14-10-5-6-11(15(18)19)12(8-10)20-2/h5-6,8-9,14H,3-4,7H2,1-2H3,(H,16,17). The number of nitro groups is 1. The molecule has 1 unspecified atom stereocenters. The van der Waals surface area contributed by atoms with E-state index in [4.69, 9.17) is 9.84 Å². The first-order chi connectivity index (χ1) is 9.45. The van der Waals surface area contributed by atoms with Gasteiger partial charge in [0.1, 0.15) is 0 Å². The smallest absolute Gasteiger partial charge is 0.311 e. The molecule has 7 nitrogen and oxygen atoms in total. The Morgan fingerprint density at radius 1 is 1.55 bits per heavy atom. The zero-order chi connectivity index (χ0) is 15.1. The number of carboxylic acids is 1. The third-order valence-corrected chi connectivity index (χ3v) is 2.94. The number of hydrogen-bond donors (Lipinski definition) is 2. The Morgan fingerprint density at radius 3 is 2.80 bits per heavy atom. The van der Waals surface area contributed by atoms with E-state index in [1.165, 1.54) is 13.2 Å². The maximum Gasteiger partial charge on any atom is 0.311 e. The maximum absolute atomic E-state index is 10.7. The van der Waals surface area contributed by atoms with Crippen molar-refractivity contribution in [3.8, 4) is 5.75 Å². The Bertz CT molecular complexity index is 490. The largest absolute Gasteiger partial charge is 0.490 e. The number of nitro benzene ring substituents is 1. The second-order valence-corrected chi connectivity index (χ2v) is 4.45. The van der Waals surface area contributed by atoms with Gasteiger partial charge in [-0.25, -0.2) is 0 Å². The van der Waals surface area contributed by atoms with Gasteiger partial charge in [-0.05, 0) is 18.9 Å². The average molecular weight is 282 g/mol. The molecular formula is C13H18N2O5. The van der Waals surface area contributed by atoms with E-state index in [1.54, 1.807) is 19.1 Å². The second-order valence-electron chi connectivity index (χ2n) is 4.45. The fourth-order valence-corrected chi connectivity index (χ4v) is 1.70. The molecule has 1 aromatic carbocycles. The van der Waals surface area contributed by atoms with Gasteiger partial charge in [-0.2, -0.15) is 0 Å². The van der Waals surface area contributed by atoms with E-state index in [9.17, 15) is 14.9 Å². The minimum atomic E-state index is -0.804. The molecule has 0 bridgehead atoms. The molecule has 0 aliphatic rings. The number of carbonyl (C=O) groups is 1. The summed E-state index contributed by atoms with van der Waals surface area (Å²) in [5.74, 6) is -0.982. The normalized spacial score (nSPS) is 11.7. The number of nitrogens with one attached hydrogen (secondary N) is 1. The highest BCUT2D eigenvalue weighted by Crippen LogP contribution is 2.29. The topological polar surface area (TPSA) is 102 Å². The second kappa shape index (κ2) is 7.32. The van der Waals surface area contributed by atoms with Crippen molar-refractivity contribution in [1.29, 1.82) is 0 Å². The van der Waals surface area contributed by atoms with Crippen LogP contribution in [0.4, 0.5) is 11.4 Å². The molecular weight excluding hydrogens is 264 g/mol. The number of benzene rings is 1. The SMILES string of the molecule is COc1cc(NCCCC(C)C(=O)O)ccc1[N+](=O)[O-]. The molecule has 0 aliphatic carbocycles. The number of ether oxygens (including phenoxy) is 1. The van der Waals surface area contributed by atoms with Gasteiger partial charge < -0.3 is 15.2 Å². The van der Waals surface area contributed by atoms with E-state index >= 15 is 0 Å². The molecule has 20 heavy (non-hydrogen) atoms. The number of nitrogens with zero attached hydrogens (tertiary/aromatic N) is 1. The van der Waals surface area contributed by atoms with E-state index in [-0.39, 0.29) is 17.4 Å².